The van der Waals surface area contributed by atoms with E-state index >= 15 is 0 Å². The molecule has 2 aromatic heterocycles. The topological polar surface area (TPSA) is 79.5 Å². The van der Waals surface area contributed by atoms with Crippen LogP contribution in [-0.4, -0.2) is 57.4 Å². The molecule has 1 saturated carbocycles. The first-order valence-electron chi connectivity index (χ1n) is 10.0. The zero-order chi connectivity index (χ0) is 19.5. The number of nitrogens with zero attached hydrogens (tertiary/aromatic N) is 4. The van der Waals surface area contributed by atoms with Crippen molar-refractivity contribution in [2.24, 2.45) is 0 Å². The molecule has 0 radical (unpaired) electrons. The zero-order valence-electron chi connectivity index (χ0n) is 16.2. The van der Waals surface area contributed by atoms with Crippen molar-refractivity contribution in [1.29, 1.82) is 0 Å². The van der Waals surface area contributed by atoms with E-state index in [2.05, 4.69) is 10.1 Å². The third kappa shape index (κ3) is 4.11. The van der Waals surface area contributed by atoms with E-state index in [1.165, 1.54) is 17.8 Å². The highest BCUT2D eigenvalue weighted by Gasteiger charge is 2.30. The number of carbonyl (C=O) groups is 2. The maximum absolute atomic E-state index is 12.7. The van der Waals surface area contributed by atoms with E-state index in [1.807, 2.05) is 27.3 Å². The van der Waals surface area contributed by atoms with Gasteiger partial charge in [-0.3, -0.25) is 9.59 Å². The lowest BCUT2D eigenvalue weighted by atomic mass is 9.85. The standard InChI is InChI=1S/C20H26N4O3S/c1-14(25)24(11-9-18-21-19(27-22-18)15-5-2-6-15)16-7-3-10-23(13-16)20(26)17-8-4-12-28-17/h4,8,12,15-16H,2-3,5-7,9-11,13H2,1H3. The van der Waals surface area contributed by atoms with Crippen LogP contribution < -0.4 is 0 Å². The lowest BCUT2D eigenvalue weighted by molar-refractivity contribution is -0.132. The van der Waals surface area contributed by atoms with Gasteiger partial charge in [0.1, 0.15) is 0 Å². The normalized spacial score (nSPS) is 20.0. The van der Waals surface area contributed by atoms with E-state index < -0.39 is 0 Å². The lowest BCUT2D eigenvalue weighted by Crippen LogP contribution is -2.51. The third-order valence-electron chi connectivity index (χ3n) is 5.78. The second-order valence-electron chi connectivity index (χ2n) is 7.66. The minimum absolute atomic E-state index is 0.0260. The molecule has 0 bridgehead atoms. The summed E-state index contributed by atoms with van der Waals surface area (Å²) < 4.78 is 5.38. The van der Waals surface area contributed by atoms with Gasteiger partial charge < -0.3 is 14.3 Å². The second-order valence-corrected chi connectivity index (χ2v) is 8.61. The molecule has 8 heteroatoms. The molecule has 28 heavy (non-hydrogen) atoms. The molecule has 2 fully saturated rings. The molecule has 0 N–H and O–H groups in total. The molecule has 150 valence electrons. The Morgan fingerprint density at radius 1 is 1.32 bits per heavy atom. The van der Waals surface area contributed by atoms with Gasteiger partial charge in [0.2, 0.25) is 11.8 Å². The zero-order valence-corrected chi connectivity index (χ0v) is 17.0. The van der Waals surface area contributed by atoms with Crippen molar-refractivity contribution in [3.8, 4) is 0 Å². The number of aromatic nitrogens is 2. The maximum atomic E-state index is 12.7. The van der Waals surface area contributed by atoms with Gasteiger partial charge in [0.05, 0.1) is 4.88 Å². The number of likely N-dealkylation sites (tertiary alicyclic amines) is 1. The molecule has 0 aromatic carbocycles. The van der Waals surface area contributed by atoms with Gasteiger partial charge in [0, 0.05) is 44.9 Å². The predicted molar refractivity (Wildman–Crippen MR) is 105 cm³/mol. The first kappa shape index (κ1) is 19.1. The van der Waals surface area contributed by atoms with E-state index in [9.17, 15) is 9.59 Å². The van der Waals surface area contributed by atoms with Gasteiger partial charge >= 0.3 is 0 Å². The Morgan fingerprint density at radius 2 is 2.18 bits per heavy atom. The van der Waals surface area contributed by atoms with Gasteiger partial charge in [-0.05, 0) is 37.1 Å². The number of thiophene rings is 1. The van der Waals surface area contributed by atoms with Crippen molar-refractivity contribution in [2.45, 2.75) is 57.4 Å². The van der Waals surface area contributed by atoms with Crippen LogP contribution in [0.25, 0.3) is 0 Å². The van der Waals surface area contributed by atoms with Crippen LogP contribution in [0.15, 0.2) is 22.0 Å². The summed E-state index contributed by atoms with van der Waals surface area (Å²) in [6.07, 6.45) is 5.86. The number of amides is 2. The van der Waals surface area contributed by atoms with E-state index in [1.54, 1.807) is 6.92 Å². The van der Waals surface area contributed by atoms with Gasteiger partial charge in [-0.15, -0.1) is 11.3 Å². The molecule has 0 spiro atoms. The van der Waals surface area contributed by atoms with Crippen molar-refractivity contribution in [2.75, 3.05) is 19.6 Å². The molecule has 1 atom stereocenters. The Labute approximate surface area is 168 Å². The average Bonchev–Trinajstić information content (AvgIpc) is 3.32. The van der Waals surface area contributed by atoms with Crippen LogP contribution >= 0.6 is 11.3 Å². The first-order valence-corrected chi connectivity index (χ1v) is 10.9. The highest BCUT2D eigenvalue weighted by Crippen LogP contribution is 2.35. The Morgan fingerprint density at radius 3 is 2.86 bits per heavy atom. The summed E-state index contributed by atoms with van der Waals surface area (Å²) in [6.45, 7) is 3.46. The van der Waals surface area contributed by atoms with Crippen LogP contribution in [0.2, 0.25) is 0 Å². The molecule has 2 amide bonds. The molecule has 1 aliphatic heterocycles. The number of hydrogen-bond donors (Lipinski definition) is 0. The number of piperidine rings is 1. The van der Waals surface area contributed by atoms with Crippen molar-refractivity contribution in [1.82, 2.24) is 19.9 Å². The van der Waals surface area contributed by atoms with Crippen LogP contribution in [0.3, 0.4) is 0 Å². The molecule has 4 rings (SSSR count). The molecule has 2 aromatic rings. The van der Waals surface area contributed by atoms with E-state index in [4.69, 9.17) is 4.52 Å². The van der Waals surface area contributed by atoms with Gasteiger partial charge in [-0.2, -0.15) is 4.98 Å². The maximum Gasteiger partial charge on any atom is 0.263 e. The van der Waals surface area contributed by atoms with Crippen molar-refractivity contribution in [3.05, 3.63) is 34.1 Å². The van der Waals surface area contributed by atoms with Gasteiger partial charge in [-0.1, -0.05) is 17.6 Å². The number of rotatable bonds is 6. The van der Waals surface area contributed by atoms with Crippen molar-refractivity contribution >= 4 is 23.2 Å². The Bertz CT molecular complexity index is 815. The summed E-state index contributed by atoms with van der Waals surface area (Å²) in [5.41, 5.74) is 0. The smallest absolute Gasteiger partial charge is 0.263 e. The number of hydrogen-bond acceptors (Lipinski definition) is 6. The molecule has 1 saturated heterocycles. The van der Waals surface area contributed by atoms with Crippen LogP contribution in [0.4, 0.5) is 0 Å². The fourth-order valence-corrected chi connectivity index (χ4v) is 4.65. The highest BCUT2D eigenvalue weighted by atomic mass is 32.1. The van der Waals surface area contributed by atoms with Crippen LogP contribution in [0.1, 0.15) is 66.3 Å². The van der Waals surface area contributed by atoms with Gasteiger partial charge in [0.15, 0.2) is 5.82 Å². The molecule has 7 nitrogen and oxygen atoms in total. The van der Waals surface area contributed by atoms with E-state index in [0.29, 0.717) is 31.3 Å². The summed E-state index contributed by atoms with van der Waals surface area (Å²) in [4.78, 5) is 34.0. The SMILES string of the molecule is CC(=O)N(CCc1noc(C2CCC2)n1)C1CCCN(C(=O)c2cccs2)C1. The molecule has 3 heterocycles. The summed E-state index contributed by atoms with van der Waals surface area (Å²) in [7, 11) is 0. The minimum atomic E-state index is 0.0260. The van der Waals surface area contributed by atoms with Gasteiger partial charge in [-0.25, -0.2) is 0 Å². The van der Waals surface area contributed by atoms with Crippen molar-refractivity contribution in [3.63, 3.8) is 0 Å². The second kappa shape index (κ2) is 8.43. The minimum Gasteiger partial charge on any atom is -0.339 e. The molecular weight excluding hydrogens is 376 g/mol. The summed E-state index contributed by atoms with van der Waals surface area (Å²) in [5.74, 6) is 1.90. The van der Waals surface area contributed by atoms with Crippen LogP contribution in [0.5, 0.6) is 0 Å². The predicted octanol–water partition coefficient (Wildman–Crippen LogP) is 3.09. The quantitative estimate of drug-likeness (QED) is 0.742. The molecular formula is C20H26N4O3S. The summed E-state index contributed by atoms with van der Waals surface area (Å²) in [6, 6.07) is 3.78. The fraction of sp³-hybridized carbons (Fsp3) is 0.600. The third-order valence-corrected chi connectivity index (χ3v) is 6.63. The Kier molecular flexibility index (Phi) is 5.75. The van der Waals surface area contributed by atoms with Crippen LogP contribution in [-0.2, 0) is 11.2 Å². The first-order chi connectivity index (χ1) is 13.6. The summed E-state index contributed by atoms with van der Waals surface area (Å²) in [5, 5.41) is 6.00. The van der Waals surface area contributed by atoms with Crippen LogP contribution in [0, 0.1) is 0 Å². The Hall–Kier alpha value is -2.22. The lowest BCUT2D eigenvalue weighted by Gasteiger charge is -2.38. The Balaban J connectivity index is 1.37. The molecule has 1 unspecified atom stereocenters. The highest BCUT2D eigenvalue weighted by molar-refractivity contribution is 7.12. The monoisotopic (exact) mass is 402 g/mol. The fourth-order valence-electron chi connectivity index (χ4n) is 3.96. The van der Waals surface area contributed by atoms with E-state index in [0.717, 1.165) is 43.0 Å². The number of carbonyl (C=O) groups excluding carboxylic acids is 2. The average molecular weight is 403 g/mol. The van der Waals surface area contributed by atoms with Crippen molar-refractivity contribution < 1.29 is 14.1 Å². The molecule has 1 aliphatic carbocycles. The van der Waals surface area contributed by atoms with E-state index in [-0.39, 0.29) is 17.9 Å². The largest absolute Gasteiger partial charge is 0.339 e. The molecule has 2 aliphatic rings. The summed E-state index contributed by atoms with van der Waals surface area (Å²) >= 11 is 1.46. The van der Waals surface area contributed by atoms with Gasteiger partial charge in [0.25, 0.3) is 5.91 Å².